The Morgan fingerprint density at radius 3 is 2.55 bits per heavy atom. The Kier molecular flexibility index (Phi) is 5.51. The predicted molar refractivity (Wildman–Crippen MR) is 123 cm³/mol. The van der Waals surface area contributed by atoms with E-state index in [1.54, 1.807) is 11.6 Å². The van der Waals surface area contributed by atoms with Gasteiger partial charge in [-0.3, -0.25) is 4.79 Å². The number of fused-ring (bicyclic) bond motifs is 2. The van der Waals surface area contributed by atoms with E-state index in [9.17, 15) is 9.59 Å². The fourth-order valence-corrected chi connectivity index (χ4v) is 4.15. The highest BCUT2D eigenvalue weighted by Gasteiger charge is 2.18. The van der Waals surface area contributed by atoms with Crippen LogP contribution in [0.25, 0.3) is 21.7 Å². The van der Waals surface area contributed by atoms with E-state index < -0.39 is 5.97 Å². The Bertz CT molecular complexity index is 1360. The van der Waals surface area contributed by atoms with Crippen molar-refractivity contribution in [1.82, 2.24) is 4.57 Å². The summed E-state index contributed by atoms with van der Waals surface area (Å²) in [6, 6.07) is 18.2. The van der Waals surface area contributed by atoms with E-state index in [-0.39, 0.29) is 12.2 Å². The number of pyridine rings is 1. The number of hydrogen-bond acceptors (Lipinski definition) is 4. The lowest BCUT2D eigenvalue weighted by atomic mass is 9.94. The SMILES string of the molecule is COC(=O)COc1cc(C)cc2c1c(C)c(Cc1cccc3ccccc13)c(=O)n2C. The highest BCUT2D eigenvalue weighted by Crippen LogP contribution is 2.32. The van der Waals surface area contributed by atoms with Gasteiger partial charge in [-0.2, -0.15) is 0 Å². The summed E-state index contributed by atoms with van der Waals surface area (Å²) in [5.41, 5.74) is 4.39. The van der Waals surface area contributed by atoms with Crippen molar-refractivity contribution < 1.29 is 14.3 Å². The summed E-state index contributed by atoms with van der Waals surface area (Å²) in [6.07, 6.45) is 0.514. The topological polar surface area (TPSA) is 57.5 Å². The summed E-state index contributed by atoms with van der Waals surface area (Å²) in [7, 11) is 3.11. The Hall–Kier alpha value is -3.60. The number of ether oxygens (including phenoxy) is 2. The second kappa shape index (κ2) is 8.26. The van der Waals surface area contributed by atoms with E-state index in [1.807, 2.05) is 44.2 Å². The molecule has 4 aromatic rings. The van der Waals surface area contributed by atoms with Crippen LogP contribution in [0.5, 0.6) is 5.75 Å². The summed E-state index contributed by atoms with van der Waals surface area (Å²) in [4.78, 5) is 25.0. The Morgan fingerprint density at radius 1 is 1.03 bits per heavy atom. The molecule has 0 aliphatic rings. The summed E-state index contributed by atoms with van der Waals surface area (Å²) < 4.78 is 12.2. The molecule has 0 aliphatic carbocycles. The molecule has 0 fully saturated rings. The highest BCUT2D eigenvalue weighted by atomic mass is 16.6. The fraction of sp³-hybridized carbons (Fsp3) is 0.231. The van der Waals surface area contributed by atoms with Gasteiger partial charge >= 0.3 is 5.97 Å². The third-order valence-corrected chi connectivity index (χ3v) is 5.80. The minimum absolute atomic E-state index is 0.0255. The Morgan fingerprint density at radius 2 is 1.77 bits per heavy atom. The first-order valence-electron chi connectivity index (χ1n) is 10.2. The van der Waals surface area contributed by atoms with E-state index in [1.165, 1.54) is 7.11 Å². The van der Waals surface area contributed by atoms with Crippen molar-refractivity contribution in [2.45, 2.75) is 20.3 Å². The largest absolute Gasteiger partial charge is 0.481 e. The zero-order chi connectivity index (χ0) is 22.1. The maximum absolute atomic E-state index is 13.3. The van der Waals surface area contributed by atoms with E-state index in [0.29, 0.717) is 12.2 Å². The quantitative estimate of drug-likeness (QED) is 0.452. The van der Waals surface area contributed by atoms with Gasteiger partial charge in [-0.15, -0.1) is 0 Å². The summed E-state index contributed by atoms with van der Waals surface area (Å²) in [5.74, 6) is 0.126. The van der Waals surface area contributed by atoms with Crippen LogP contribution in [-0.4, -0.2) is 24.3 Å². The fourth-order valence-electron chi connectivity index (χ4n) is 4.15. The molecule has 0 N–H and O–H groups in total. The molecule has 0 amide bonds. The molecule has 158 valence electrons. The number of methoxy groups -OCH3 is 1. The first-order valence-corrected chi connectivity index (χ1v) is 10.2. The average Bonchev–Trinajstić information content (AvgIpc) is 2.78. The van der Waals surface area contributed by atoms with Crippen LogP contribution in [0.15, 0.2) is 59.4 Å². The van der Waals surface area contributed by atoms with Crippen molar-refractivity contribution in [2.24, 2.45) is 7.05 Å². The van der Waals surface area contributed by atoms with Gasteiger partial charge in [0.25, 0.3) is 5.56 Å². The lowest BCUT2D eigenvalue weighted by molar-refractivity contribution is -0.142. The van der Waals surface area contributed by atoms with Crippen molar-refractivity contribution in [3.63, 3.8) is 0 Å². The van der Waals surface area contributed by atoms with Crippen LogP contribution in [0.1, 0.15) is 22.3 Å². The van der Waals surface area contributed by atoms with Crippen LogP contribution in [0.3, 0.4) is 0 Å². The molecule has 0 unspecified atom stereocenters. The molecule has 31 heavy (non-hydrogen) atoms. The van der Waals surface area contributed by atoms with Gasteiger partial charge in [0.15, 0.2) is 6.61 Å². The molecule has 0 spiro atoms. The number of rotatable bonds is 5. The van der Waals surface area contributed by atoms with Gasteiger partial charge in [0, 0.05) is 24.4 Å². The van der Waals surface area contributed by atoms with Gasteiger partial charge in [0.2, 0.25) is 0 Å². The normalized spacial score (nSPS) is 11.1. The highest BCUT2D eigenvalue weighted by molar-refractivity contribution is 5.91. The van der Waals surface area contributed by atoms with Gasteiger partial charge in [0.1, 0.15) is 5.75 Å². The van der Waals surface area contributed by atoms with E-state index >= 15 is 0 Å². The van der Waals surface area contributed by atoms with Crippen LogP contribution in [0, 0.1) is 13.8 Å². The summed E-state index contributed by atoms with van der Waals surface area (Å²) >= 11 is 0. The number of carbonyl (C=O) groups is 1. The Labute approximate surface area is 180 Å². The number of esters is 1. The molecule has 0 saturated heterocycles. The summed E-state index contributed by atoms with van der Waals surface area (Å²) in [6.45, 7) is 3.70. The van der Waals surface area contributed by atoms with Crippen LogP contribution in [0.2, 0.25) is 0 Å². The minimum Gasteiger partial charge on any atom is -0.481 e. The minimum atomic E-state index is -0.451. The van der Waals surface area contributed by atoms with E-state index in [0.717, 1.165) is 43.9 Å². The smallest absolute Gasteiger partial charge is 0.343 e. The van der Waals surface area contributed by atoms with Gasteiger partial charge in [-0.05, 0) is 53.4 Å². The van der Waals surface area contributed by atoms with Gasteiger partial charge < -0.3 is 14.0 Å². The van der Waals surface area contributed by atoms with Crippen molar-refractivity contribution in [3.05, 3.63) is 87.2 Å². The predicted octanol–water partition coefficient (Wildman–Crippen LogP) is 4.45. The maximum atomic E-state index is 13.3. The molecule has 5 heteroatoms. The summed E-state index contributed by atoms with van der Waals surface area (Å²) in [5, 5.41) is 3.12. The zero-order valence-corrected chi connectivity index (χ0v) is 18.2. The van der Waals surface area contributed by atoms with Gasteiger partial charge in [-0.25, -0.2) is 4.79 Å². The zero-order valence-electron chi connectivity index (χ0n) is 18.2. The van der Waals surface area contributed by atoms with Crippen molar-refractivity contribution >= 4 is 27.6 Å². The van der Waals surface area contributed by atoms with Gasteiger partial charge in [-0.1, -0.05) is 42.5 Å². The first kappa shape index (κ1) is 20.7. The first-order chi connectivity index (χ1) is 14.9. The third kappa shape index (κ3) is 3.79. The van der Waals surface area contributed by atoms with Crippen molar-refractivity contribution in [3.8, 4) is 5.75 Å². The number of benzene rings is 3. The molecule has 1 aromatic heterocycles. The lowest BCUT2D eigenvalue weighted by Gasteiger charge is -2.18. The van der Waals surface area contributed by atoms with Gasteiger partial charge in [0.05, 0.1) is 12.6 Å². The molecule has 0 saturated carbocycles. The monoisotopic (exact) mass is 415 g/mol. The van der Waals surface area contributed by atoms with Crippen molar-refractivity contribution in [2.75, 3.05) is 13.7 Å². The Balaban J connectivity index is 1.91. The second-order valence-electron chi connectivity index (χ2n) is 7.80. The number of hydrogen-bond donors (Lipinski definition) is 0. The van der Waals surface area contributed by atoms with Crippen LogP contribution >= 0.6 is 0 Å². The molecule has 1 heterocycles. The number of aromatic nitrogens is 1. The molecule has 0 radical (unpaired) electrons. The maximum Gasteiger partial charge on any atom is 0.343 e. The van der Waals surface area contributed by atoms with Crippen LogP contribution in [0.4, 0.5) is 0 Å². The lowest BCUT2D eigenvalue weighted by Crippen LogP contribution is -2.24. The average molecular weight is 415 g/mol. The molecule has 0 bridgehead atoms. The molecule has 0 atom stereocenters. The van der Waals surface area contributed by atoms with E-state index in [4.69, 9.17) is 9.47 Å². The molecule has 4 rings (SSSR count). The molecular formula is C26H25NO4. The molecule has 3 aromatic carbocycles. The third-order valence-electron chi connectivity index (χ3n) is 5.80. The van der Waals surface area contributed by atoms with Crippen LogP contribution < -0.4 is 10.3 Å². The molecule has 5 nitrogen and oxygen atoms in total. The van der Waals surface area contributed by atoms with Crippen LogP contribution in [-0.2, 0) is 23.0 Å². The number of nitrogens with zero attached hydrogens (tertiary/aromatic N) is 1. The molecular weight excluding hydrogens is 390 g/mol. The molecule has 0 aliphatic heterocycles. The number of aryl methyl sites for hydroxylation is 3. The van der Waals surface area contributed by atoms with Crippen molar-refractivity contribution in [1.29, 1.82) is 0 Å². The standard InChI is InChI=1S/C26H25NO4/c1-16-12-22-25(23(13-16)31-15-24(28)30-4)17(2)21(26(29)27(22)3)14-19-10-7-9-18-8-5-6-11-20(18)19/h5-13H,14-15H2,1-4H3. The second-order valence-corrected chi connectivity index (χ2v) is 7.80. The number of carbonyl (C=O) groups excluding carboxylic acids is 1. The van der Waals surface area contributed by atoms with E-state index in [2.05, 4.69) is 24.3 Å².